The van der Waals surface area contributed by atoms with Crippen LogP contribution in [0.2, 0.25) is 0 Å². The predicted molar refractivity (Wildman–Crippen MR) is 43.8 cm³/mol. The number of hydrogen-bond donors (Lipinski definition) is 2. The lowest BCUT2D eigenvalue weighted by Gasteiger charge is -2.34. The van der Waals surface area contributed by atoms with Crippen LogP contribution < -0.4 is 0 Å². The molecule has 0 radical (unpaired) electrons. The number of rotatable bonds is 1. The molecule has 2 heteroatoms. The average molecular weight is 154 g/mol. The van der Waals surface area contributed by atoms with Crippen molar-refractivity contribution in [3.05, 3.63) is 24.3 Å². The molecular formula is C9H14O2. The monoisotopic (exact) mass is 154 g/mol. The Kier molecular flexibility index (Phi) is 2.16. The molecule has 0 amide bonds. The maximum atomic E-state index is 9.08. The summed E-state index contributed by atoms with van der Waals surface area (Å²) in [6.07, 6.45) is 6.30. The van der Waals surface area contributed by atoms with Gasteiger partial charge in [-0.2, -0.15) is 0 Å². The minimum absolute atomic E-state index is 0.174. The van der Waals surface area contributed by atoms with Gasteiger partial charge in [-0.15, -0.1) is 0 Å². The first-order valence-electron chi connectivity index (χ1n) is 3.79. The van der Waals surface area contributed by atoms with Gasteiger partial charge in [0.2, 0.25) is 0 Å². The highest BCUT2D eigenvalue weighted by molar-refractivity contribution is 5.18. The molecule has 0 saturated carbocycles. The molecule has 11 heavy (non-hydrogen) atoms. The number of aliphatic hydroxyl groups is 2. The predicted octanol–water partition coefficient (Wildman–Crippen LogP) is 1.07. The van der Waals surface area contributed by atoms with Crippen LogP contribution in [-0.4, -0.2) is 16.5 Å². The lowest BCUT2D eigenvalue weighted by Crippen LogP contribution is -2.36. The van der Waals surface area contributed by atoms with E-state index in [-0.39, 0.29) is 5.92 Å². The standard InChI is InChI=1S/C9H14O2/c1-7-5-3-4-6-9(7,2)8(10)11/h3-8,10-11H,1-2H3. The highest BCUT2D eigenvalue weighted by Crippen LogP contribution is 2.35. The van der Waals surface area contributed by atoms with Gasteiger partial charge >= 0.3 is 0 Å². The van der Waals surface area contributed by atoms with Crippen LogP contribution in [0.4, 0.5) is 0 Å². The fraction of sp³-hybridized carbons (Fsp3) is 0.556. The maximum absolute atomic E-state index is 9.08. The Balaban J connectivity index is 2.85. The molecule has 1 aliphatic carbocycles. The van der Waals surface area contributed by atoms with Gasteiger partial charge in [-0.1, -0.05) is 38.2 Å². The SMILES string of the molecule is CC1C=CC=CC1(C)C(O)O. The summed E-state index contributed by atoms with van der Waals surface area (Å²) in [6.45, 7) is 3.81. The van der Waals surface area contributed by atoms with Gasteiger partial charge in [0.25, 0.3) is 0 Å². The number of hydrogen-bond acceptors (Lipinski definition) is 2. The van der Waals surface area contributed by atoms with Gasteiger partial charge in [0, 0.05) is 5.41 Å². The summed E-state index contributed by atoms with van der Waals surface area (Å²) in [5.41, 5.74) is -0.519. The summed E-state index contributed by atoms with van der Waals surface area (Å²) in [5, 5.41) is 18.2. The summed E-state index contributed by atoms with van der Waals surface area (Å²) < 4.78 is 0. The van der Waals surface area contributed by atoms with Crippen molar-refractivity contribution in [1.29, 1.82) is 0 Å². The van der Waals surface area contributed by atoms with Crippen LogP contribution in [0.3, 0.4) is 0 Å². The van der Waals surface area contributed by atoms with E-state index in [1.165, 1.54) is 0 Å². The van der Waals surface area contributed by atoms with Gasteiger partial charge in [-0.25, -0.2) is 0 Å². The third kappa shape index (κ3) is 1.37. The Morgan fingerprint density at radius 3 is 2.36 bits per heavy atom. The van der Waals surface area contributed by atoms with Crippen LogP contribution in [-0.2, 0) is 0 Å². The largest absolute Gasteiger partial charge is 0.367 e. The Morgan fingerprint density at radius 1 is 1.36 bits per heavy atom. The molecule has 62 valence electrons. The lowest BCUT2D eigenvalue weighted by atomic mass is 9.75. The second-order valence-corrected chi connectivity index (χ2v) is 3.27. The van der Waals surface area contributed by atoms with Crippen molar-refractivity contribution in [3.63, 3.8) is 0 Å². The molecule has 2 unspecified atom stereocenters. The molecule has 0 fully saturated rings. The van der Waals surface area contributed by atoms with E-state index in [1.807, 2.05) is 38.2 Å². The van der Waals surface area contributed by atoms with E-state index in [0.717, 1.165) is 0 Å². The van der Waals surface area contributed by atoms with Crippen molar-refractivity contribution in [2.75, 3.05) is 0 Å². The van der Waals surface area contributed by atoms with Crippen LogP contribution in [0.5, 0.6) is 0 Å². The second kappa shape index (κ2) is 2.80. The van der Waals surface area contributed by atoms with Crippen LogP contribution >= 0.6 is 0 Å². The molecule has 0 aromatic carbocycles. The lowest BCUT2D eigenvalue weighted by molar-refractivity contribution is -0.121. The van der Waals surface area contributed by atoms with Crippen LogP contribution in [0.25, 0.3) is 0 Å². The van der Waals surface area contributed by atoms with Crippen molar-refractivity contribution in [3.8, 4) is 0 Å². The molecule has 1 aliphatic rings. The van der Waals surface area contributed by atoms with E-state index in [2.05, 4.69) is 0 Å². The molecular weight excluding hydrogens is 140 g/mol. The molecule has 0 aromatic heterocycles. The minimum Gasteiger partial charge on any atom is -0.367 e. The van der Waals surface area contributed by atoms with Gasteiger partial charge in [-0.05, 0) is 5.92 Å². The zero-order chi connectivity index (χ0) is 8.48. The molecule has 0 saturated heterocycles. The van der Waals surface area contributed by atoms with Crippen molar-refractivity contribution in [2.24, 2.45) is 11.3 Å². The molecule has 0 bridgehead atoms. The fourth-order valence-electron chi connectivity index (χ4n) is 1.17. The quantitative estimate of drug-likeness (QED) is 0.554. The van der Waals surface area contributed by atoms with E-state index in [1.54, 1.807) is 0 Å². The van der Waals surface area contributed by atoms with Gasteiger partial charge in [0.15, 0.2) is 6.29 Å². The Bertz CT molecular complexity index is 194. The smallest absolute Gasteiger partial charge is 0.160 e. The van der Waals surface area contributed by atoms with E-state index < -0.39 is 11.7 Å². The third-order valence-corrected chi connectivity index (χ3v) is 2.50. The van der Waals surface area contributed by atoms with Gasteiger partial charge in [0.1, 0.15) is 0 Å². The Hall–Kier alpha value is -0.600. The van der Waals surface area contributed by atoms with Crippen LogP contribution in [0.1, 0.15) is 13.8 Å². The number of aliphatic hydroxyl groups excluding tert-OH is 1. The van der Waals surface area contributed by atoms with E-state index in [0.29, 0.717) is 0 Å². The summed E-state index contributed by atoms with van der Waals surface area (Å²) >= 11 is 0. The topological polar surface area (TPSA) is 40.5 Å². The van der Waals surface area contributed by atoms with E-state index >= 15 is 0 Å². The first-order valence-corrected chi connectivity index (χ1v) is 3.79. The average Bonchev–Trinajstić information content (AvgIpc) is 1.95. The van der Waals surface area contributed by atoms with E-state index in [9.17, 15) is 0 Å². The van der Waals surface area contributed by atoms with Crippen molar-refractivity contribution in [2.45, 2.75) is 20.1 Å². The Morgan fingerprint density at radius 2 is 2.00 bits per heavy atom. The van der Waals surface area contributed by atoms with Gasteiger partial charge in [-0.3, -0.25) is 0 Å². The Labute approximate surface area is 66.9 Å². The van der Waals surface area contributed by atoms with Crippen molar-refractivity contribution in [1.82, 2.24) is 0 Å². The molecule has 0 heterocycles. The zero-order valence-corrected chi connectivity index (χ0v) is 6.86. The van der Waals surface area contributed by atoms with Crippen molar-refractivity contribution >= 4 is 0 Å². The molecule has 0 aliphatic heterocycles. The zero-order valence-electron chi connectivity index (χ0n) is 6.86. The maximum Gasteiger partial charge on any atom is 0.160 e. The molecule has 0 spiro atoms. The molecule has 0 aromatic rings. The first-order chi connectivity index (χ1) is 5.07. The van der Waals surface area contributed by atoms with Crippen LogP contribution in [0, 0.1) is 11.3 Å². The molecule has 2 nitrogen and oxygen atoms in total. The van der Waals surface area contributed by atoms with E-state index in [4.69, 9.17) is 10.2 Å². The molecule has 2 N–H and O–H groups in total. The number of allylic oxidation sites excluding steroid dienone is 3. The van der Waals surface area contributed by atoms with Crippen LogP contribution in [0.15, 0.2) is 24.3 Å². The summed E-state index contributed by atoms with van der Waals surface area (Å²) in [6, 6.07) is 0. The summed E-state index contributed by atoms with van der Waals surface area (Å²) in [7, 11) is 0. The minimum atomic E-state index is -1.28. The molecule has 1 rings (SSSR count). The van der Waals surface area contributed by atoms with Crippen molar-refractivity contribution < 1.29 is 10.2 Å². The molecule has 2 atom stereocenters. The third-order valence-electron chi connectivity index (χ3n) is 2.50. The summed E-state index contributed by atoms with van der Waals surface area (Å²) in [5.74, 6) is 0.174. The highest BCUT2D eigenvalue weighted by atomic mass is 16.5. The summed E-state index contributed by atoms with van der Waals surface area (Å²) in [4.78, 5) is 0. The second-order valence-electron chi connectivity index (χ2n) is 3.27. The first kappa shape index (κ1) is 8.50. The van der Waals surface area contributed by atoms with Gasteiger partial charge < -0.3 is 10.2 Å². The highest BCUT2D eigenvalue weighted by Gasteiger charge is 2.34. The normalized spacial score (nSPS) is 36.6. The fourth-order valence-corrected chi connectivity index (χ4v) is 1.17. The van der Waals surface area contributed by atoms with Gasteiger partial charge in [0.05, 0.1) is 0 Å².